The largest absolute Gasteiger partial charge is 0.493 e. The van der Waals surface area contributed by atoms with Gasteiger partial charge >= 0.3 is 0 Å². The van der Waals surface area contributed by atoms with Crippen LogP contribution in [0.25, 0.3) is 0 Å². The maximum Gasteiger partial charge on any atom is 0.248 e. The average Bonchev–Trinajstić information content (AvgIpc) is 3.73. The van der Waals surface area contributed by atoms with Gasteiger partial charge in [-0.05, 0) is 49.3 Å². The summed E-state index contributed by atoms with van der Waals surface area (Å²) in [6, 6.07) is 5.89. The molecule has 3 fully saturated rings. The van der Waals surface area contributed by atoms with Crippen LogP contribution >= 0.6 is 11.3 Å². The molecule has 0 radical (unpaired) electrons. The van der Waals surface area contributed by atoms with Gasteiger partial charge in [0.1, 0.15) is 6.54 Å². The summed E-state index contributed by atoms with van der Waals surface area (Å²) in [5, 5.41) is 2.74. The highest BCUT2D eigenvalue weighted by Crippen LogP contribution is 2.41. The molecule has 1 aromatic carbocycles. The van der Waals surface area contributed by atoms with E-state index in [2.05, 4.69) is 4.98 Å². The van der Waals surface area contributed by atoms with Crippen molar-refractivity contribution in [2.75, 3.05) is 38.8 Å². The fourth-order valence-corrected chi connectivity index (χ4v) is 4.96. The normalized spacial score (nSPS) is 20.5. The van der Waals surface area contributed by atoms with Gasteiger partial charge in [0.2, 0.25) is 11.8 Å². The highest BCUT2D eigenvalue weighted by molar-refractivity contribution is 7.14. The fourth-order valence-electron chi connectivity index (χ4n) is 4.07. The lowest BCUT2D eigenvalue weighted by Crippen LogP contribution is -2.39. The Morgan fingerprint density at radius 3 is 2.75 bits per heavy atom. The van der Waals surface area contributed by atoms with Crippen molar-refractivity contribution in [1.29, 1.82) is 0 Å². The van der Waals surface area contributed by atoms with Crippen molar-refractivity contribution in [3.8, 4) is 11.5 Å². The van der Waals surface area contributed by atoms with Gasteiger partial charge in [-0.25, -0.2) is 4.98 Å². The first-order valence-electron chi connectivity index (χ1n) is 11.3. The van der Waals surface area contributed by atoms with Gasteiger partial charge in [-0.3, -0.25) is 14.5 Å². The number of thiazole rings is 1. The van der Waals surface area contributed by atoms with Gasteiger partial charge in [-0.15, -0.1) is 11.3 Å². The lowest BCUT2D eigenvalue weighted by molar-refractivity contribution is -0.132. The zero-order valence-corrected chi connectivity index (χ0v) is 19.4. The van der Waals surface area contributed by atoms with E-state index in [0.717, 1.165) is 17.0 Å². The molecule has 170 valence electrons. The number of carbonyl (C=O) groups excluding carboxylic acids is 2. The summed E-state index contributed by atoms with van der Waals surface area (Å²) in [4.78, 5) is 33.4. The predicted octanol–water partition coefficient (Wildman–Crippen LogP) is 3.80. The van der Waals surface area contributed by atoms with E-state index >= 15 is 0 Å². The predicted molar refractivity (Wildman–Crippen MR) is 123 cm³/mol. The molecule has 1 aliphatic heterocycles. The van der Waals surface area contributed by atoms with Crippen molar-refractivity contribution in [2.24, 2.45) is 5.92 Å². The molecular weight excluding hydrogens is 426 g/mol. The third-order valence-electron chi connectivity index (χ3n) is 6.54. The number of methoxy groups -OCH3 is 1. The number of rotatable bonds is 9. The topological polar surface area (TPSA) is 72.0 Å². The van der Waals surface area contributed by atoms with Crippen LogP contribution < -0.4 is 14.4 Å². The number of anilines is 1. The van der Waals surface area contributed by atoms with Crippen LogP contribution in [0.2, 0.25) is 0 Å². The molecular formula is C24H29N3O4S. The summed E-state index contributed by atoms with van der Waals surface area (Å²) in [7, 11) is 3.38. The Hall–Kier alpha value is -2.61. The average molecular weight is 456 g/mol. The molecule has 32 heavy (non-hydrogen) atoms. The maximum atomic E-state index is 12.8. The Balaban J connectivity index is 1.22. The quantitative estimate of drug-likeness (QED) is 0.575. The van der Waals surface area contributed by atoms with Gasteiger partial charge in [0.05, 0.1) is 19.4 Å². The molecule has 0 N–H and O–H groups in total. The molecule has 3 aliphatic rings. The summed E-state index contributed by atoms with van der Waals surface area (Å²) in [6.45, 7) is 1.30. The minimum absolute atomic E-state index is 0.00539. The van der Waals surface area contributed by atoms with E-state index < -0.39 is 0 Å². The molecule has 0 unspecified atom stereocenters. The number of ether oxygens (including phenoxy) is 2. The first kappa shape index (κ1) is 21.2. The smallest absolute Gasteiger partial charge is 0.248 e. The highest BCUT2D eigenvalue weighted by Gasteiger charge is 2.34. The van der Waals surface area contributed by atoms with Crippen molar-refractivity contribution in [1.82, 2.24) is 9.88 Å². The zero-order valence-electron chi connectivity index (χ0n) is 18.6. The van der Waals surface area contributed by atoms with Crippen LogP contribution in [0.15, 0.2) is 23.6 Å². The van der Waals surface area contributed by atoms with E-state index in [4.69, 9.17) is 9.47 Å². The van der Waals surface area contributed by atoms with Crippen molar-refractivity contribution >= 4 is 28.3 Å². The molecule has 1 aromatic heterocycles. The van der Waals surface area contributed by atoms with Crippen molar-refractivity contribution in [3.63, 3.8) is 0 Å². The third kappa shape index (κ3) is 4.60. The second-order valence-electron chi connectivity index (χ2n) is 9.12. The van der Waals surface area contributed by atoms with Crippen LogP contribution in [-0.2, 0) is 9.59 Å². The number of benzene rings is 1. The number of likely N-dealkylation sites (tertiary alicyclic amines) is 1. The summed E-state index contributed by atoms with van der Waals surface area (Å²) < 4.78 is 11.4. The molecule has 1 atom stereocenters. The molecule has 2 aliphatic carbocycles. The van der Waals surface area contributed by atoms with Crippen LogP contribution in [0.1, 0.15) is 55.2 Å². The fraction of sp³-hybridized carbons (Fsp3) is 0.542. The molecule has 7 nitrogen and oxygen atoms in total. The SMILES string of the molecule is COc1ccc([C@@H]2CC(=O)N(CC(=O)N(C)c3nc(C4CC4)cs3)C2)cc1OCC1CC1. The van der Waals surface area contributed by atoms with Gasteiger partial charge in [-0.2, -0.15) is 0 Å². The van der Waals surface area contributed by atoms with Gasteiger partial charge in [0.25, 0.3) is 0 Å². The molecule has 2 amide bonds. The van der Waals surface area contributed by atoms with E-state index in [0.29, 0.717) is 42.3 Å². The minimum Gasteiger partial charge on any atom is -0.493 e. The Bertz CT molecular complexity index is 1010. The maximum absolute atomic E-state index is 12.8. The summed E-state index contributed by atoms with van der Waals surface area (Å²) in [5.74, 6) is 2.58. The molecule has 0 bridgehead atoms. The lowest BCUT2D eigenvalue weighted by Gasteiger charge is -2.20. The van der Waals surface area contributed by atoms with Gasteiger partial charge in [-0.1, -0.05) is 6.07 Å². The molecule has 2 heterocycles. The molecule has 0 spiro atoms. The number of hydrogen-bond donors (Lipinski definition) is 0. The van der Waals surface area contributed by atoms with Crippen LogP contribution in [0.5, 0.6) is 11.5 Å². The Labute approximate surface area is 192 Å². The first-order chi connectivity index (χ1) is 15.5. The number of aromatic nitrogens is 1. The Morgan fingerprint density at radius 1 is 1.22 bits per heavy atom. The van der Waals surface area contributed by atoms with E-state index in [9.17, 15) is 9.59 Å². The van der Waals surface area contributed by atoms with Crippen molar-refractivity contribution in [3.05, 3.63) is 34.8 Å². The number of likely N-dealkylation sites (N-methyl/N-ethyl adjacent to an activating group) is 1. The molecule has 2 aromatic rings. The molecule has 1 saturated heterocycles. The van der Waals surface area contributed by atoms with E-state index in [1.807, 2.05) is 23.6 Å². The Kier molecular flexibility index (Phi) is 5.80. The van der Waals surface area contributed by atoms with Gasteiger partial charge in [0.15, 0.2) is 16.6 Å². The molecule has 5 rings (SSSR count). The Morgan fingerprint density at radius 2 is 2.03 bits per heavy atom. The van der Waals surface area contributed by atoms with E-state index in [1.54, 1.807) is 24.0 Å². The number of amides is 2. The summed E-state index contributed by atoms with van der Waals surface area (Å²) in [5.41, 5.74) is 2.13. The van der Waals surface area contributed by atoms with E-state index in [1.165, 1.54) is 37.0 Å². The van der Waals surface area contributed by atoms with Crippen LogP contribution in [0.3, 0.4) is 0 Å². The van der Waals surface area contributed by atoms with Crippen LogP contribution in [0.4, 0.5) is 5.13 Å². The molecule has 8 heteroatoms. The second kappa shape index (κ2) is 8.73. The third-order valence-corrected chi connectivity index (χ3v) is 7.47. The summed E-state index contributed by atoms with van der Waals surface area (Å²) in [6.07, 6.45) is 5.21. The van der Waals surface area contributed by atoms with Crippen LogP contribution in [-0.4, -0.2) is 55.6 Å². The number of nitrogens with zero attached hydrogens (tertiary/aromatic N) is 3. The zero-order chi connectivity index (χ0) is 22.2. The highest BCUT2D eigenvalue weighted by atomic mass is 32.1. The van der Waals surface area contributed by atoms with Crippen molar-refractivity contribution in [2.45, 2.75) is 43.9 Å². The minimum atomic E-state index is -0.112. The molecule has 2 saturated carbocycles. The first-order valence-corrected chi connectivity index (χ1v) is 12.2. The number of hydrogen-bond acceptors (Lipinski definition) is 6. The number of carbonyl (C=O) groups is 2. The summed E-state index contributed by atoms with van der Waals surface area (Å²) >= 11 is 1.49. The van der Waals surface area contributed by atoms with Crippen molar-refractivity contribution < 1.29 is 19.1 Å². The monoisotopic (exact) mass is 455 g/mol. The standard InChI is InChI=1S/C24H29N3O4S/c1-26(24-25-19(14-32-24)16-5-6-16)23(29)12-27-11-18(10-22(27)28)17-7-8-20(30-2)21(9-17)31-13-15-3-4-15/h7-9,14-16,18H,3-6,10-13H2,1-2H3/t18-/m1/s1. The lowest BCUT2D eigenvalue weighted by atomic mass is 9.98. The van der Waals surface area contributed by atoms with Crippen LogP contribution in [0, 0.1) is 5.92 Å². The van der Waals surface area contributed by atoms with Gasteiger partial charge in [0, 0.05) is 37.2 Å². The van der Waals surface area contributed by atoms with Gasteiger partial charge < -0.3 is 14.4 Å². The van der Waals surface area contributed by atoms with E-state index in [-0.39, 0.29) is 24.3 Å². The second-order valence-corrected chi connectivity index (χ2v) is 9.96.